The number of benzene rings is 2. The number of aryl methyl sites for hydroxylation is 2. The molecule has 0 aliphatic heterocycles. The molecule has 0 fully saturated rings. The first-order valence-corrected chi connectivity index (χ1v) is 13.1. The maximum Gasteiger partial charge on any atom is 0.244 e. The number of nitrogens with one attached hydrogen (secondary N) is 1. The minimum absolute atomic E-state index is 0.0819. The fourth-order valence-corrected chi connectivity index (χ4v) is 4.70. The van der Waals surface area contributed by atoms with E-state index in [1.807, 2.05) is 26.0 Å². The third-order valence-electron chi connectivity index (χ3n) is 5.35. The Balaban J connectivity index is 2.49. The minimum atomic E-state index is -3.77. The highest BCUT2D eigenvalue weighted by Gasteiger charge is 2.32. The second kappa shape index (κ2) is 11.5. The van der Waals surface area contributed by atoms with Crippen molar-refractivity contribution in [1.29, 1.82) is 0 Å². The number of anilines is 1. The number of carbonyl (C=O) groups is 2. The Morgan fingerprint density at radius 1 is 1.09 bits per heavy atom. The molecule has 0 bridgehead atoms. The molecule has 1 N–H and O–H groups in total. The first-order valence-electron chi connectivity index (χ1n) is 10.8. The summed E-state index contributed by atoms with van der Waals surface area (Å²) in [5, 5.41) is 3.23. The molecule has 33 heavy (non-hydrogen) atoms. The molecule has 0 saturated carbocycles. The number of halogens is 1. The van der Waals surface area contributed by atoms with E-state index in [0.29, 0.717) is 29.2 Å². The summed E-state index contributed by atoms with van der Waals surface area (Å²) >= 11 is 6.33. The van der Waals surface area contributed by atoms with Crippen LogP contribution in [0.3, 0.4) is 0 Å². The first kappa shape index (κ1) is 26.7. The van der Waals surface area contributed by atoms with Gasteiger partial charge in [-0.05, 0) is 56.0 Å². The molecule has 2 aromatic carbocycles. The van der Waals surface area contributed by atoms with Crippen molar-refractivity contribution in [2.45, 2.75) is 46.7 Å². The van der Waals surface area contributed by atoms with Crippen LogP contribution in [0.5, 0.6) is 0 Å². The van der Waals surface area contributed by atoms with Gasteiger partial charge in [0, 0.05) is 18.1 Å². The average molecular weight is 494 g/mol. The van der Waals surface area contributed by atoms with Crippen LogP contribution in [0.25, 0.3) is 0 Å². The highest BCUT2D eigenvalue weighted by atomic mass is 35.5. The summed E-state index contributed by atoms with van der Waals surface area (Å²) in [6, 6.07) is 11.8. The Hall–Kier alpha value is -2.58. The van der Waals surface area contributed by atoms with Crippen LogP contribution in [0.4, 0.5) is 5.69 Å². The van der Waals surface area contributed by atoms with Crippen LogP contribution in [0.2, 0.25) is 5.02 Å². The summed E-state index contributed by atoms with van der Waals surface area (Å²) in [5.74, 6) is -0.780. The van der Waals surface area contributed by atoms with Crippen LogP contribution in [0.1, 0.15) is 37.0 Å². The summed E-state index contributed by atoms with van der Waals surface area (Å²) in [4.78, 5) is 27.8. The van der Waals surface area contributed by atoms with E-state index in [0.717, 1.165) is 21.7 Å². The third-order valence-corrected chi connectivity index (χ3v) is 6.84. The number of nitrogens with zero attached hydrogens (tertiary/aromatic N) is 2. The van der Waals surface area contributed by atoms with Gasteiger partial charge in [0.1, 0.15) is 12.6 Å². The molecule has 0 aromatic heterocycles. The zero-order chi connectivity index (χ0) is 24.8. The lowest BCUT2D eigenvalue weighted by Crippen LogP contribution is -2.52. The number of hydrogen-bond acceptors (Lipinski definition) is 4. The standard InChI is InChI=1S/C24H32ClN3O4S/c1-6-21(24(30)26-7-2)27(15-19-10-8-9-11-20(19)25)23(29)16-28(33(5,31)32)22-14-17(3)12-13-18(22)4/h8-14,21H,6-7,15-16H2,1-5H3,(H,26,30). The Morgan fingerprint density at radius 2 is 1.76 bits per heavy atom. The number of rotatable bonds is 10. The van der Waals surface area contributed by atoms with E-state index in [4.69, 9.17) is 11.6 Å². The molecular formula is C24H32ClN3O4S. The number of carbonyl (C=O) groups excluding carboxylic acids is 2. The molecule has 1 unspecified atom stereocenters. The van der Waals surface area contributed by atoms with E-state index in [1.165, 1.54) is 4.90 Å². The molecule has 2 rings (SSSR count). The van der Waals surface area contributed by atoms with Crippen molar-refractivity contribution in [1.82, 2.24) is 10.2 Å². The fourth-order valence-electron chi connectivity index (χ4n) is 3.60. The van der Waals surface area contributed by atoms with Crippen LogP contribution < -0.4 is 9.62 Å². The molecule has 0 aliphatic carbocycles. The van der Waals surface area contributed by atoms with Crippen LogP contribution in [-0.4, -0.2) is 50.5 Å². The molecule has 0 radical (unpaired) electrons. The van der Waals surface area contributed by atoms with Gasteiger partial charge in [0.15, 0.2) is 0 Å². The number of amides is 2. The summed E-state index contributed by atoms with van der Waals surface area (Å²) < 4.78 is 26.5. The van der Waals surface area contributed by atoms with Crippen molar-refractivity contribution >= 4 is 39.1 Å². The normalized spacial score (nSPS) is 12.2. The van der Waals surface area contributed by atoms with Crippen molar-refractivity contribution in [3.05, 3.63) is 64.2 Å². The van der Waals surface area contributed by atoms with Gasteiger partial charge in [-0.15, -0.1) is 0 Å². The van der Waals surface area contributed by atoms with Crippen molar-refractivity contribution in [2.75, 3.05) is 23.7 Å². The molecule has 0 saturated heterocycles. The number of sulfonamides is 1. The van der Waals surface area contributed by atoms with Crippen molar-refractivity contribution < 1.29 is 18.0 Å². The van der Waals surface area contributed by atoms with E-state index >= 15 is 0 Å². The summed E-state index contributed by atoms with van der Waals surface area (Å²) in [7, 11) is -3.77. The number of hydrogen-bond donors (Lipinski definition) is 1. The number of likely N-dealkylation sites (N-methyl/N-ethyl adjacent to an activating group) is 1. The minimum Gasteiger partial charge on any atom is -0.355 e. The molecule has 180 valence electrons. The lowest BCUT2D eigenvalue weighted by molar-refractivity contribution is -0.140. The van der Waals surface area contributed by atoms with Gasteiger partial charge in [-0.25, -0.2) is 8.42 Å². The third kappa shape index (κ3) is 6.95. The molecule has 1 atom stereocenters. The maximum absolute atomic E-state index is 13.6. The van der Waals surface area contributed by atoms with Gasteiger partial charge in [-0.1, -0.05) is 48.9 Å². The summed E-state index contributed by atoms with van der Waals surface area (Å²) in [6.07, 6.45) is 1.44. The van der Waals surface area contributed by atoms with E-state index in [-0.39, 0.29) is 12.5 Å². The van der Waals surface area contributed by atoms with Crippen molar-refractivity contribution in [2.24, 2.45) is 0 Å². The molecule has 2 amide bonds. The Labute approximate surface area is 201 Å². The van der Waals surface area contributed by atoms with E-state index in [2.05, 4.69) is 5.32 Å². The lowest BCUT2D eigenvalue weighted by Gasteiger charge is -2.33. The van der Waals surface area contributed by atoms with Gasteiger partial charge in [-0.2, -0.15) is 0 Å². The lowest BCUT2D eigenvalue weighted by atomic mass is 10.1. The molecule has 0 aliphatic rings. The topological polar surface area (TPSA) is 86.8 Å². The van der Waals surface area contributed by atoms with Gasteiger partial charge in [-0.3, -0.25) is 13.9 Å². The second-order valence-corrected chi connectivity index (χ2v) is 10.3. The maximum atomic E-state index is 13.6. The summed E-state index contributed by atoms with van der Waals surface area (Å²) in [5.41, 5.74) is 2.72. The fraction of sp³-hybridized carbons (Fsp3) is 0.417. The molecular weight excluding hydrogens is 462 g/mol. The van der Waals surface area contributed by atoms with Crippen LogP contribution in [0, 0.1) is 13.8 Å². The zero-order valence-corrected chi connectivity index (χ0v) is 21.3. The van der Waals surface area contributed by atoms with Gasteiger partial charge in [0.2, 0.25) is 21.8 Å². The molecule has 9 heteroatoms. The highest BCUT2D eigenvalue weighted by molar-refractivity contribution is 7.92. The van der Waals surface area contributed by atoms with Gasteiger partial charge in [0.25, 0.3) is 0 Å². The Kier molecular flexibility index (Phi) is 9.31. The first-order chi connectivity index (χ1) is 15.5. The Morgan fingerprint density at radius 3 is 2.33 bits per heavy atom. The Bertz CT molecular complexity index is 1100. The summed E-state index contributed by atoms with van der Waals surface area (Å²) in [6.45, 7) is 7.34. The van der Waals surface area contributed by atoms with Crippen LogP contribution in [-0.2, 0) is 26.2 Å². The molecule has 0 heterocycles. The average Bonchev–Trinajstić information content (AvgIpc) is 2.74. The van der Waals surface area contributed by atoms with Gasteiger partial charge in [0.05, 0.1) is 11.9 Å². The molecule has 7 nitrogen and oxygen atoms in total. The highest BCUT2D eigenvalue weighted by Crippen LogP contribution is 2.25. The molecule has 0 spiro atoms. The predicted molar refractivity (Wildman–Crippen MR) is 133 cm³/mol. The molecule has 2 aromatic rings. The predicted octanol–water partition coefficient (Wildman–Crippen LogP) is 3.67. The zero-order valence-electron chi connectivity index (χ0n) is 19.8. The van der Waals surface area contributed by atoms with Gasteiger partial charge < -0.3 is 10.2 Å². The van der Waals surface area contributed by atoms with E-state index in [1.54, 1.807) is 44.2 Å². The van der Waals surface area contributed by atoms with Crippen molar-refractivity contribution in [3.63, 3.8) is 0 Å². The largest absolute Gasteiger partial charge is 0.355 e. The SMILES string of the molecule is CCNC(=O)C(CC)N(Cc1ccccc1Cl)C(=O)CN(c1cc(C)ccc1C)S(C)(=O)=O. The quantitative estimate of drug-likeness (QED) is 0.547. The van der Waals surface area contributed by atoms with Crippen LogP contribution >= 0.6 is 11.6 Å². The smallest absolute Gasteiger partial charge is 0.244 e. The van der Waals surface area contributed by atoms with Crippen LogP contribution in [0.15, 0.2) is 42.5 Å². The van der Waals surface area contributed by atoms with E-state index < -0.39 is 28.5 Å². The monoisotopic (exact) mass is 493 g/mol. The van der Waals surface area contributed by atoms with Crippen molar-refractivity contribution in [3.8, 4) is 0 Å². The van der Waals surface area contributed by atoms with Gasteiger partial charge >= 0.3 is 0 Å². The second-order valence-electron chi connectivity index (χ2n) is 7.99. The van der Waals surface area contributed by atoms with E-state index in [9.17, 15) is 18.0 Å².